The Morgan fingerprint density at radius 3 is 2.64 bits per heavy atom. The molecule has 6 heteroatoms. The van der Waals surface area contributed by atoms with Crippen LogP contribution in [0.25, 0.3) is 11.0 Å². The Hall–Kier alpha value is -1.85. The van der Waals surface area contributed by atoms with E-state index in [1.165, 1.54) is 32.1 Å². The molecule has 0 aliphatic heterocycles. The number of ether oxygens (including phenoxy) is 1. The van der Waals surface area contributed by atoms with E-state index in [-0.39, 0.29) is 6.10 Å². The van der Waals surface area contributed by atoms with E-state index in [0.717, 1.165) is 42.7 Å². The molecule has 25 heavy (non-hydrogen) atoms. The van der Waals surface area contributed by atoms with Crippen LogP contribution in [-0.2, 0) is 13.0 Å². The van der Waals surface area contributed by atoms with Crippen molar-refractivity contribution in [3.63, 3.8) is 0 Å². The molecule has 1 aliphatic rings. The average molecular weight is 345 g/mol. The van der Waals surface area contributed by atoms with Gasteiger partial charge in [-0.05, 0) is 39.0 Å². The summed E-state index contributed by atoms with van der Waals surface area (Å²) in [5, 5.41) is 8.30. The molecule has 0 radical (unpaired) electrons. The summed E-state index contributed by atoms with van der Waals surface area (Å²) in [6.45, 7) is 7.20. The zero-order chi connectivity index (χ0) is 17.8. The Balaban J connectivity index is 2.05. The molecule has 0 bridgehead atoms. The third-order valence-corrected chi connectivity index (χ3v) is 5.01. The lowest BCUT2D eigenvalue weighted by molar-refractivity contribution is 0.231. The molecule has 0 unspecified atom stereocenters. The van der Waals surface area contributed by atoms with E-state index < -0.39 is 0 Å². The molecule has 2 N–H and O–H groups in total. The Labute approximate surface area is 150 Å². The molecule has 0 aromatic carbocycles. The quantitative estimate of drug-likeness (QED) is 0.816. The van der Waals surface area contributed by atoms with Gasteiger partial charge >= 0.3 is 0 Å². The molecule has 138 valence electrons. The summed E-state index contributed by atoms with van der Waals surface area (Å²) in [6, 6.07) is 0. The van der Waals surface area contributed by atoms with Gasteiger partial charge in [0.2, 0.25) is 0 Å². The van der Waals surface area contributed by atoms with Gasteiger partial charge in [-0.2, -0.15) is 0 Å². The smallest absolute Gasteiger partial charge is 0.260 e. The maximum absolute atomic E-state index is 6.09. The van der Waals surface area contributed by atoms with Gasteiger partial charge in [0.25, 0.3) is 5.88 Å². The summed E-state index contributed by atoms with van der Waals surface area (Å²) >= 11 is 0. The Bertz CT molecular complexity index is 703. The summed E-state index contributed by atoms with van der Waals surface area (Å²) in [7, 11) is 0. The van der Waals surface area contributed by atoms with Crippen LogP contribution in [0.4, 0.5) is 5.82 Å². The molecule has 0 amide bonds. The Kier molecular flexibility index (Phi) is 5.76. The zero-order valence-corrected chi connectivity index (χ0v) is 15.8. The first-order valence-electron chi connectivity index (χ1n) is 9.78. The second-order valence-corrected chi connectivity index (χ2v) is 7.50. The SMILES string of the molecule is CCCCc1nc2c(N)nnc(OC(C)C)c2n1CC1CCCCC1. The third-order valence-electron chi connectivity index (χ3n) is 5.01. The van der Waals surface area contributed by atoms with Crippen LogP contribution in [0.5, 0.6) is 5.88 Å². The van der Waals surface area contributed by atoms with Gasteiger partial charge in [-0.15, -0.1) is 10.2 Å². The van der Waals surface area contributed by atoms with Crippen molar-refractivity contribution in [3.05, 3.63) is 5.82 Å². The number of nitrogens with two attached hydrogens (primary N) is 1. The van der Waals surface area contributed by atoms with Gasteiger partial charge in [0, 0.05) is 13.0 Å². The van der Waals surface area contributed by atoms with Gasteiger partial charge in [-0.3, -0.25) is 0 Å². The van der Waals surface area contributed by atoms with E-state index in [2.05, 4.69) is 21.7 Å². The summed E-state index contributed by atoms with van der Waals surface area (Å²) in [5.41, 5.74) is 7.77. The molecule has 1 aliphatic carbocycles. The van der Waals surface area contributed by atoms with Crippen LogP contribution in [0.15, 0.2) is 0 Å². The van der Waals surface area contributed by atoms with E-state index >= 15 is 0 Å². The number of anilines is 1. The predicted octanol–water partition coefficient (Wildman–Crippen LogP) is 4.12. The average Bonchev–Trinajstić information content (AvgIpc) is 2.96. The maximum Gasteiger partial charge on any atom is 0.260 e. The number of unbranched alkanes of at least 4 members (excludes halogenated alkanes) is 1. The number of imidazole rings is 1. The lowest BCUT2D eigenvalue weighted by Gasteiger charge is -2.23. The van der Waals surface area contributed by atoms with Crippen molar-refractivity contribution in [3.8, 4) is 5.88 Å². The van der Waals surface area contributed by atoms with Crippen LogP contribution >= 0.6 is 0 Å². The molecule has 6 nitrogen and oxygen atoms in total. The fourth-order valence-electron chi connectivity index (χ4n) is 3.74. The Morgan fingerprint density at radius 1 is 1.20 bits per heavy atom. The van der Waals surface area contributed by atoms with Crippen molar-refractivity contribution in [2.24, 2.45) is 5.92 Å². The first kappa shape index (κ1) is 18.0. The van der Waals surface area contributed by atoms with Crippen LogP contribution in [0.2, 0.25) is 0 Å². The standard InChI is InChI=1S/C19H31N5O/c1-4-5-11-15-21-16-17(19(25-13(2)3)23-22-18(16)20)24(15)12-14-9-7-6-8-10-14/h13-14H,4-12H2,1-3H3,(H2,20,22). The highest BCUT2D eigenvalue weighted by Gasteiger charge is 2.23. The van der Waals surface area contributed by atoms with E-state index in [0.29, 0.717) is 17.6 Å². The number of aromatic nitrogens is 4. The van der Waals surface area contributed by atoms with Crippen molar-refractivity contribution in [2.45, 2.75) is 84.8 Å². The number of nitrogens with zero attached hydrogens (tertiary/aromatic N) is 4. The van der Waals surface area contributed by atoms with Crippen LogP contribution < -0.4 is 10.5 Å². The van der Waals surface area contributed by atoms with Crippen LogP contribution in [0.1, 0.15) is 71.5 Å². The molecular formula is C19H31N5O. The van der Waals surface area contributed by atoms with Crippen LogP contribution in [0.3, 0.4) is 0 Å². The number of hydrogen-bond donors (Lipinski definition) is 1. The maximum atomic E-state index is 6.09. The predicted molar refractivity (Wildman–Crippen MR) is 101 cm³/mol. The minimum atomic E-state index is 0.0400. The second-order valence-electron chi connectivity index (χ2n) is 7.50. The number of fused-ring (bicyclic) bond motifs is 1. The van der Waals surface area contributed by atoms with E-state index in [1.807, 2.05) is 13.8 Å². The fraction of sp³-hybridized carbons (Fsp3) is 0.737. The molecule has 2 heterocycles. The molecule has 1 fully saturated rings. The third kappa shape index (κ3) is 4.05. The Morgan fingerprint density at radius 2 is 1.96 bits per heavy atom. The van der Waals surface area contributed by atoms with Crippen LogP contribution in [-0.4, -0.2) is 25.9 Å². The van der Waals surface area contributed by atoms with Gasteiger partial charge in [0.1, 0.15) is 16.9 Å². The van der Waals surface area contributed by atoms with Crippen molar-refractivity contribution in [2.75, 3.05) is 5.73 Å². The van der Waals surface area contributed by atoms with Gasteiger partial charge in [-0.25, -0.2) is 4.98 Å². The highest BCUT2D eigenvalue weighted by atomic mass is 16.5. The monoisotopic (exact) mass is 345 g/mol. The number of aryl methyl sites for hydroxylation is 1. The first-order chi connectivity index (χ1) is 12.1. The highest BCUT2D eigenvalue weighted by Crippen LogP contribution is 2.32. The molecule has 1 saturated carbocycles. The lowest BCUT2D eigenvalue weighted by atomic mass is 9.89. The number of hydrogen-bond acceptors (Lipinski definition) is 5. The molecule has 2 aromatic heterocycles. The fourth-order valence-corrected chi connectivity index (χ4v) is 3.74. The molecule has 0 spiro atoms. The minimum Gasteiger partial charge on any atom is -0.472 e. The molecule has 0 atom stereocenters. The second kappa shape index (κ2) is 8.02. The van der Waals surface area contributed by atoms with E-state index in [9.17, 15) is 0 Å². The molecular weight excluding hydrogens is 314 g/mol. The molecule has 3 rings (SSSR count). The van der Waals surface area contributed by atoms with Gasteiger partial charge < -0.3 is 15.0 Å². The van der Waals surface area contributed by atoms with E-state index in [1.54, 1.807) is 0 Å². The van der Waals surface area contributed by atoms with Crippen molar-refractivity contribution < 1.29 is 4.74 Å². The molecule has 0 saturated heterocycles. The minimum absolute atomic E-state index is 0.0400. The van der Waals surface area contributed by atoms with Crippen molar-refractivity contribution >= 4 is 16.9 Å². The largest absolute Gasteiger partial charge is 0.472 e. The van der Waals surface area contributed by atoms with Gasteiger partial charge in [0.05, 0.1) is 6.10 Å². The van der Waals surface area contributed by atoms with Gasteiger partial charge in [0.15, 0.2) is 5.82 Å². The normalized spacial score (nSPS) is 16.0. The van der Waals surface area contributed by atoms with Gasteiger partial charge in [-0.1, -0.05) is 32.6 Å². The van der Waals surface area contributed by atoms with Crippen molar-refractivity contribution in [1.82, 2.24) is 19.7 Å². The van der Waals surface area contributed by atoms with E-state index in [4.69, 9.17) is 15.5 Å². The van der Waals surface area contributed by atoms with Crippen LogP contribution in [0, 0.1) is 5.92 Å². The zero-order valence-electron chi connectivity index (χ0n) is 15.8. The topological polar surface area (TPSA) is 78.8 Å². The first-order valence-corrected chi connectivity index (χ1v) is 9.78. The number of nitrogen functional groups attached to an aromatic ring is 1. The lowest BCUT2D eigenvalue weighted by Crippen LogP contribution is -2.17. The molecule has 2 aromatic rings. The highest BCUT2D eigenvalue weighted by molar-refractivity contribution is 5.88. The summed E-state index contributed by atoms with van der Waals surface area (Å²) in [4.78, 5) is 4.84. The summed E-state index contributed by atoms with van der Waals surface area (Å²) in [5.74, 6) is 2.75. The van der Waals surface area contributed by atoms with Crippen molar-refractivity contribution in [1.29, 1.82) is 0 Å². The number of rotatable bonds is 7. The summed E-state index contributed by atoms with van der Waals surface area (Å²) < 4.78 is 8.26. The summed E-state index contributed by atoms with van der Waals surface area (Å²) in [6.07, 6.45) is 9.88.